The third kappa shape index (κ3) is 3.68. The number of hydroxylamine groups is 2. The van der Waals surface area contributed by atoms with Crippen molar-refractivity contribution in [1.29, 1.82) is 0 Å². The van der Waals surface area contributed by atoms with Crippen molar-refractivity contribution in [2.45, 2.75) is 6.30 Å². The van der Waals surface area contributed by atoms with E-state index in [2.05, 4.69) is 0 Å². The molecule has 1 heterocycles. The Labute approximate surface area is 108 Å². The number of halogens is 3. The summed E-state index contributed by atoms with van der Waals surface area (Å²) in [6, 6.07) is 8.33. The van der Waals surface area contributed by atoms with Gasteiger partial charge < -0.3 is 4.84 Å². The highest BCUT2D eigenvalue weighted by atomic mass is 19.4. The summed E-state index contributed by atoms with van der Waals surface area (Å²) in [5, 5.41) is 1.26. The van der Waals surface area contributed by atoms with E-state index < -0.39 is 12.3 Å². The van der Waals surface area contributed by atoms with Gasteiger partial charge in [-0.3, -0.25) is 0 Å². The zero-order valence-corrected chi connectivity index (χ0v) is 10.1. The Kier molecular flexibility index (Phi) is 4.06. The summed E-state index contributed by atoms with van der Waals surface area (Å²) in [7, 11) is 0. The van der Waals surface area contributed by atoms with Crippen LogP contribution in [0.5, 0.6) is 0 Å². The minimum atomic E-state index is -4.32. The summed E-state index contributed by atoms with van der Waals surface area (Å²) in [4.78, 5) is 17.1. The van der Waals surface area contributed by atoms with Gasteiger partial charge in [0, 0.05) is 26.2 Å². The van der Waals surface area contributed by atoms with Gasteiger partial charge in [0.25, 0.3) is 0 Å². The first-order valence-electron chi connectivity index (χ1n) is 5.81. The number of carbonyl (C=O) groups is 1. The SMILES string of the molecule is O=C(ON1CCN(C(F)(F)F)CC1)c1ccccc1. The highest BCUT2D eigenvalue weighted by molar-refractivity contribution is 5.89. The molecule has 1 aliphatic heterocycles. The van der Waals surface area contributed by atoms with Gasteiger partial charge in [-0.25, -0.2) is 9.69 Å². The fraction of sp³-hybridized carbons (Fsp3) is 0.417. The Bertz CT molecular complexity index is 428. The van der Waals surface area contributed by atoms with Crippen molar-refractivity contribution in [2.75, 3.05) is 26.2 Å². The molecule has 0 bridgehead atoms. The molecule has 0 N–H and O–H groups in total. The van der Waals surface area contributed by atoms with Gasteiger partial charge in [0.05, 0.1) is 5.56 Å². The lowest BCUT2D eigenvalue weighted by Gasteiger charge is -2.33. The summed E-state index contributed by atoms with van der Waals surface area (Å²) in [6.07, 6.45) is -4.32. The van der Waals surface area contributed by atoms with E-state index in [1.165, 1.54) is 5.06 Å². The molecule has 2 rings (SSSR count). The van der Waals surface area contributed by atoms with Gasteiger partial charge in [-0.1, -0.05) is 18.2 Å². The molecule has 7 heteroatoms. The molecule has 1 aromatic rings. The summed E-state index contributed by atoms with van der Waals surface area (Å²) in [5.41, 5.74) is 0.376. The maximum absolute atomic E-state index is 12.4. The van der Waals surface area contributed by atoms with Crippen LogP contribution in [-0.2, 0) is 4.84 Å². The minimum absolute atomic E-state index is 0.0398. The van der Waals surface area contributed by atoms with Crippen molar-refractivity contribution in [2.24, 2.45) is 0 Å². The Morgan fingerprint density at radius 1 is 1.05 bits per heavy atom. The lowest BCUT2D eigenvalue weighted by Crippen LogP contribution is -2.52. The van der Waals surface area contributed by atoms with E-state index in [1.807, 2.05) is 0 Å². The van der Waals surface area contributed by atoms with Crippen molar-refractivity contribution < 1.29 is 22.8 Å². The van der Waals surface area contributed by atoms with Crippen molar-refractivity contribution in [3.05, 3.63) is 35.9 Å². The lowest BCUT2D eigenvalue weighted by molar-refractivity contribution is -0.265. The first kappa shape index (κ1) is 13.8. The number of carbonyl (C=O) groups excluding carboxylic acids is 1. The molecule has 0 amide bonds. The Hall–Kier alpha value is -1.60. The van der Waals surface area contributed by atoms with Crippen LogP contribution in [0, 0.1) is 0 Å². The standard InChI is InChI=1S/C12H13F3N2O2/c13-12(14,15)16-6-8-17(9-7-16)19-11(18)10-4-2-1-3-5-10/h1-5H,6-9H2. The van der Waals surface area contributed by atoms with Crippen LogP contribution in [0.15, 0.2) is 30.3 Å². The zero-order chi connectivity index (χ0) is 13.9. The van der Waals surface area contributed by atoms with E-state index in [-0.39, 0.29) is 26.2 Å². The first-order valence-corrected chi connectivity index (χ1v) is 5.81. The molecule has 1 saturated heterocycles. The van der Waals surface area contributed by atoms with E-state index in [4.69, 9.17) is 4.84 Å². The molecule has 0 aromatic heterocycles. The maximum Gasteiger partial charge on any atom is 0.460 e. The van der Waals surface area contributed by atoms with Crippen LogP contribution >= 0.6 is 0 Å². The molecule has 4 nitrogen and oxygen atoms in total. The second-order valence-corrected chi connectivity index (χ2v) is 4.13. The van der Waals surface area contributed by atoms with Crippen LogP contribution < -0.4 is 0 Å². The summed E-state index contributed by atoms with van der Waals surface area (Å²) >= 11 is 0. The number of nitrogens with zero attached hydrogens (tertiary/aromatic N) is 2. The monoisotopic (exact) mass is 274 g/mol. The molecule has 0 spiro atoms. The maximum atomic E-state index is 12.4. The number of alkyl halides is 3. The number of hydrogen-bond acceptors (Lipinski definition) is 4. The predicted molar refractivity (Wildman–Crippen MR) is 61.1 cm³/mol. The van der Waals surface area contributed by atoms with Crippen molar-refractivity contribution in [3.63, 3.8) is 0 Å². The minimum Gasteiger partial charge on any atom is -0.364 e. The quantitative estimate of drug-likeness (QED) is 0.771. The van der Waals surface area contributed by atoms with Crippen LogP contribution in [0.1, 0.15) is 10.4 Å². The molecule has 1 aliphatic rings. The van der Waals surface area contributed by atoms with Crippen LogP contribution in [0.25, 0.3) is 0 Å². The molecule has 19 heavy (non-hydrogen) atoms. The normalized spacial score (nSPS) is 18.3. The largest absolute Gasteiger partial charge is 0.460 e. The average molecular weight is 274 g/mol. The van der Waals surface area contributed by atoms with Crippen molar-refractivity contribution in [3.8, 4) is 0 Å². The summed E-state index contributed by atoms with van der Waals surface area (Å²) < 4.78 is 37.2. The van der Waals surface area contributed by atoms with Gasteiger partial charge in [-0.15, -0.1) is 5.06 Å². The van der Waals surface area contributed by atoms with Crippen molar-refractivity contribution >= 4 is 5.97 Å². The fourth-order valence-electron chi connectivity index (χ4n) is 1.78. The number of hydrogen-bond donors (Lipinski definition) is 0. The molecule has 0 aliphatic carbocycles. The Morgan fingerprint density at radius 2 is 1.63 bits per heavy atom. The number of piperazine rings is 1. The third-order valence-electron chi connectivity index (χ3n) is 2.82. The zero-order valence-electron chi connectivity index (χ0n) is 10.1. The van der Waals surface area contributed by atoms with Gasteiger partial charge in [0.2, 0.25) is 0 Å². The summed E-state index contributed by atoms with van der Waals surface area (Å²) in [5.74, 6) is -0.555. The van der Waals surface area contributed by atoms with E-state index in [1.54, 1.807) is 30.3 Å². The topological polar surface area (TPSA) is 32.8 Å². The van der Waals surface area contributed by atoms with Crippen LogP contribution in [0.4, 0.5) is 13.2 Å². The van der Waals surface area contributed by atoms with Gasteiger partial charge in [0.15, 0.2) is 0 Å². The molecule has 0 unspecified atom stereocenters. The highest BCUT2D eigenvalue weighted by Crippen LogP contribution is 2.22. The van der Waals surface area contributed by atoms with E-state index in [0.29, 0.717) is 10.5 Å². The van der Waals surface area contributed by atoms with Crippen molar-refractivity contribution in [1.82, 2.24) is 9.96 Å². The second-order valence-electron chi connectivity index (χ2n) is 4.13. The third-order valence-corrected chi connectivity index (χ3v) is 2.82. The van der Waals surface area contributed by atoms with E-state index in [9.17, 15) is 18.0 Å². The molecule has 104 valence electrons. The molecule has 1 aromatic carbocycles. The van der Waals surface area contributed by atoms with Crippen LogP contribution in [-0.4, -0.2) is 48.4 Å². The van der Waals surface area contributed by atoms with E-state index >= 15 is 0 Å². The Balaban J connectivity index is 1.85. The Morgan fingerprint density at radius 3 is 2.16 bits per heavy atom. The number of benzene rings is 1. The molecular formula is C12H13F3N2O2. The molecule has 0 atom stereocenters. The van der Waals surface area contributed by atoms with Gasteiger partial charge in [0.1, 0.15) is 0 Å². The summed E-state index contributed by atoms with van der Waals surface area (Å²) in [6.45, 7) is -0.326. The first-order chi connectivity index (χ1) is 8.97. The van der Waals surface area contributed by atoms with Gasteiger partial charge >= 0.3 is 12.3 Å². The predicted octanol–water partition coefficient (Wildman–Crippen LogP) is 1.90. The lowest BCUT2D eigenvalue weighted by atomic mass is 10.2. The number of rotatable bonds is 2. The van der Waals surface area contributed by atoms with Gasteiger partial charge in [-0.05, 0) is 12.1 Å². The fourth-order valence-corrected chi connectivity index (χ4v) is 1.78. The molecule has 0 saturated carbocycles. The average Bonchev–Trinajstić information content (AvgIpc) is 2.39. The van der Waals surface area contributed by atoms with Crippen LogP contribution in [0.3, 0.4) is 0 Å². The molecular weight excluding hydrogens is 261 g/mol. The smallest absolute Gasteiger partial charge is 0.364 e. The second kappa shape index (κ2) is 5.58. The molecule has 0 radical (unpaired) electrons. The van der Waals surface area contributed by atoms with Crippen LogP contribution in [0.2, 0.25) is 0 Å². The highest BCUT2D eigenvalue weighted by Gasteiger charge is 2.39. The molecule has 1 fully saturated rings. The van der Waals surface area contributed by atoms with Gasteiger partial charge in [-0.2, -0.15) is 13.2 Å². The van der Waals surface area contributed by atoms with E-state index in [0.717, 1.165) is 0 Å².